The summed E-state index contributed by atoms with van der Waals surface area (Å²) in [4.78, 5) is 28.3. The first-order chi connectivity index (χ1) is 12.1. The Morgan fingerprint density at radius 1 is 1.04 bits per heavy atom. The largest absolute Gasteiger partial charge is 0.495 e. The number of para-hydroxylation sites is 1. The van der Waals surface area contributed by atoms with Gasteiger partial charge in [0.15, 0.2) is 0 Å². The van der Waals surface area contributed by atoms with Gasteiger partial charge in [0, 0.05) is 24.2 Å². The maximum Gasteiger partial charge on any atom is 0.257 e. The van der Waals surface area contributed by atoms with Crippen molar-refractivity contribution in [3.05, 3.63) is 60.3 Å². The average molecular weight is 335 g/mol. The molecule has 6 nitrogen and oxygen atoms in total. The number of carbonyl (C=O) groups excluding carboxylic acids is 2. The fourth-order valence-corrected chi connectivity index (χ4v) is 2.56. The van der Waals surface area contributed by atoms with Crippen LogP contribution in [0.4, 0.5) is 11.4 Å². The summed E-state index contributed by atoms with van der Waals surface area (Å²) in [5, 5.41) is 6.40. The van der Waals surface area contributed by atoms with Gasteiger partial charge in [0.05, 0.1) is 23.9 Å². The molecule has 0 atom stereocenters. The Balaban J connectivity index is 1.91. The first-order valence-electron chi connectivity index (χ1n) is 7.69. The first-order valence-corrected chi connectivity index (χ1v) is 7.69. The molecule has 6 heteroatoms. The maximum atomic E-state index is 12.6. The molecule has 0 aliphatic carbocycles. The molecule has 1 heterocycles. The number of fused-ring (bicyclic) bond motifs is 1. The van der Waals surface area contributed by atoms with Crippen molar-refractivity contribution in [2.45, 2.75) is 6.92 Å². The summed E-state index contributed by atoms with van der Waals surface area (Å²) in [7, 11) is 1.51. The van der Waals surface area contributed by atoms with Gasteiger partial charge in [-0.3, -0.25) is 14.6 Å². The molecular formula is C19H17N3O3. The van der Waals surface area contributed by atoms with E-state index in [1.54, 1.807) is 30.5 Å². The van der Waals surface area contributed by atoms with E-state index < -0.39 is 0 Å². The van der Waals surface area contributed by atoms with Gasteiger partial charge < -0.3 is 15.4 Å². The summed E-state index contributed by atoms with van der Waals surface area (Å²) in [6, 6.07) is 14.2. The molecule has 2 aromatic carbocycles. The summed E-state index contributed by atoms with van der Waals surface area (Å²) in [6.07, 6.45) is 1.65. The van der Waals surface area contributed by atoms with E-state index in [0.717, 1.165) is 5.39 Å². The van der Waals surface area contributed by atoms with Crippen LogP contribution in [-0.4, -0.2) is 23.9 Å². The second kappa shape index (κ2) is 7.00. The number of nitrogens with zero attached hydrogens (tertiary/aromatic N) is 1. The van der Waals surface area contributed by atoms with Crippen LogP contribution in [-0.2, 0) is 4.79 Å². The molecule has 25 heavy (non-hydrogen) atoms. The van der Waals surface area contributed by atoms with Crippen molar-refractivity contribution in [2.75, 3.05) is 17.7 Å². The van der Waals surface area contributed by atoms with Crippen molar-refractivity contribution in [1.82, 2.24) is 4.98 Å². The summed E-state index contributed by atoms with van der Waals surface area (Å²) in [6.45, 7) is 1.41. The lowest BCUT2D eigenvalue weighted by atomic mass is 10.1. The minimum atomic E-state index is -0.275. The lowest BCUT2D eigenvalue weighted by molar-refractivity contribution is -0.114. The van der Waals surface area contributed by atoms with Crippen molar-refractivity contribution in [3.63, 3.8) is 0 Å². The SMILES string of the molecule is COc1ccc(NC(=O)c2cccc3cccnc23)cc1NC(C)=O. The van der Waals surface area contributed by atoms with Crippen LogP contribution in [0.25, 0.3) is 10.9 Å². The molecule has 0 spiro atoms. The topological polar surface area (TPSA) is 80.3 Å². The van der Waals surface area contributed by atoms with Gasteiger partial charge in [0.2, 0.25) is 5.91 Å². The standard InChI is InChI=1S/C19H17N3O3/c1-12(23)21-16-11-14(8-9-17(16)25-2)22-19(24)15-7-3-5-13-6-4-10-20-18(13)15/h3-11H,1-2H3,(H,21,23)(H,22,24). The molecular weight excluding hydrogens is 318 g/mol. The smallest absolute Gasteiger partial charge is 0.257 e. The third-order valence-corrected chi connectivity index (χ3v) is 3.65. The normalized spacial score (nSPS) is 10.3. The number of rotatable bonds is 4. The van der Waals surface area contributed by atoms with Crippen LogP contribution in [0.15, 0.2) is 54.7 Å². The fourth-order valence-electron chi connectivity index (χ4n) is 2.56. The van der Waals surface area contributed by atoms with Crippen LogP contribution in [0.3, 0.4) is 0 Å². The third-order valence-electron chi connectivity index (χ3n) is 3.65. The minimum absolute atomic E-state index is 0.222. The summed E-state index contributed by atoms with van der Waals surface area (Å²) >= 11 is 0. The number of pyridine rings is 1. The molecule has 3 rings (SSSR count). The van der Waals surface area contributed by atoms with E-state index in [0.29, 0.717) is 28.2 Å². The highest BCUT2D eigenvalue weighted by molar-refractivity contribution is 6.12. The lowest BCUT2D eigenvalue weighted by Gasteiger charge is -2.12. The van der Waals surface area contributed by atoms with Crippen LogP contribution in [0.2, 0.25) is 0 Å². The second-order valence-corrected chi connectivity index (χ2v) is 5.43. The van der Waals surface area contributed by atoms with Crippen LogP contribution in [0.1, 0.15) is 17.3 Å². The number of aromatic nitrogens is 1. The van der Waals surface area contributed by atoms with E-state index in [9.17, 15) is 9.59 Å². The number of hydrogen-bond donors (Lipinski definition) is 2. The van der Waals surface area contributed by atoms with Gasteiger partial charge in [0.1, 0.15) is 5.75 Å². The predicted octanol–water partition coefficient (Wildman–Crippen LogP) is 3.45. The second-order valence-electron chi connectivity index (χ2n) is 5.43. The van der Waals surface area contributed by atoms with Crippen LogP contribution in [0, 0.1) is 0 Å². The van der Waals surface area contributed by atoms with Crippen LogP contribution in [0.5, 0.6) is 5.75 Å². The maximum absolute atomic E-state index is 12.6. The highest BCUT2D eigenvalue weighted by Gasteiger charge is 2.13. The van der Waals surface area contributed by atoms with Crippen LogP contribution < -0.4 is 15.4 Å². The van der Waals surface area contributed by atoms with Crippen molar-refractivity contribution >= 4 is 34.1 Å². The number of ether oxygens (including phenoxy) is 1. The van der Waals surface area contributed by atoms with E-state index in [-0.39, 0.29) is 11.8 Å². The minimum Gasteiger partial charge on any atom is -0.495 e. The highest BCUT2D eigenvalue weighted by Crippen LogP contribution is 2.28. The molecule has 0 saturated carbocycles. The Hall–Kier alpha value is -3.41. The average Bonchev–Trinajstić information content (AvgIpc) is 2.61. The summed E-state index contributed by atoms with van der Waals surface area (Å²) in [5.74, 6) is 0.0169. The molecule has 3 aromatic rings. The van der Waals surface area contributed by atoms with Gasteiger partial charge in [-0.1, -0.05) is 18.2 Å². The molecule has 2 N–H and O–H groups in total. The number of hydrogen-bond acceptors (Lipinski definition) is 4. The zero-order chi connectivity index (χ0) is 17.8. The van der Waals surface area contributed by atoms with E-state index in [1.807, 2.05) is 24.3 Å². The molecule has 2 amide bonds. The van der Waals surface area contributed by atoms with Crippen molar-refractivity contribution in [3.8, 4) is 5.75 Å². The van der Waals surface area contributed by atoms with E-state index in [1.165, 1.54) is 14.0 Å². The molecule has 0 saturated heterocycles. The van der Waals surface area contributed by atoms with Gasteiger partial charge in [-0.2, -0.15) is 0 Å². The van der Waals surface area contributed by atoms with Gasteiger partial charge in [-0.05, 0) is 30.3 Å². The van der Waals surface area contributed by atoms with Crippen molar-refractivity contribution in [2.24, 2.45) is 0 Å². The third kappa shape index (κ3) is 3.58. The zero-order valence-corrected chi connectivity index (χ0v) is 13.9. The van der Waals surface area contributed by atoms with Gasteiger partial charge in [0.25, 0.3) is 5.91 Å². The van der Waals surface area contributed by atoms with Crippen LogP contribution >= 0.6 is 0 Å². The number of carbonyl (C=O) groups is 2. The van der Waals surface area contributed by atoms with Gasteiger partial charge in [-0.15, -0.1) is 0 Å². The van der Waals surface area contributed by atoms with E-state index in [2.05, 4.69) is 15.6 Å². The summed E-state index contributed by atoms with van der Waals surface area (Å²) in [5.41, 5.74) is 2.15. The molecule has 0 radical (unpaired) electrons. The first kappa shape index (κ1) is 16.4. The molecule has 0 aliphatic heterocycles. The molecule has 0 aliphatic rings. The molecule has 126 valence electrons. The Morgan fingerprint density at radius 3 is 2.60 bits per heavy atom. The summed E-state index contributed by atoms with van der Waals surface area (Å²) < 4.78 is 5.21. The number of anilines is 2. The number of methoxy groups -OCH3 is 1. The molecule has 0 unspecified atom stereocenters. The van der Waals surface area contributed by atoms with Gasteiger partial charge >= 0.3 is 0 Å². The Labute approximate surface area is 144 Å². The molecule has 0 fully saturated rings. The van der Waals surface area contributed by atoms with Crippen molar-refractivity contribution in [1.29, 1.82) is 0 Å². The number of benzene rings is 2. The number of amides is 2. The Morgan fingerprint density at radius 2 is 1.84 bits per heavy atom. The predicted molar refractivity (Wildman–Crippen MR) is 97.0 cm³/mol. The fraction of sp³-hybridized carbons (Fsp3) is 0.105. The van der Waals surface area contributed by atoms with Crippen molar-refractivity contribution < 1.29 is 14.3 Å². The zero-order valence-electron chi connectivity index (χ0n) is 13.9. The quantitative estimate of drug-likeness (QED) is 0.765. The monoisotopic (exact) mass is 335 g/mol. The van der Waals surface area contributed by atoms with E-state index >= 15 is 0 Å². The Kier molecular flexibility index (Phi) is 4.61. The van der Waals surface area contributed by atoms with E-state index in [4.69, 9.17) is 4.74 Å². The molecule has 0 bridgehead atoms. The lowest BCUT2D eigenvalue weighted by Crippen LogP contribution is -2.13. The highest BCUT2D eigenvalue weighted by atomic mass is 16.5. The van der Waals surface area contributed by atoms with Gasteiger partial charge in [-0.25, -0.2) is 0 Å². The Bertz CT molecular complexity index is 948. The number of nitrogens with one attached hydrogen (secondary N) is 2. The molecule has 1 aromatic heterocycles.